The van der Waals surface area contributed by atoms with E-state index in [1.54, 1.807) is 19.1 Å². The molecule has 20 heavy (non-hydrogen) atoms. The van der Waals surface area contributed by atoms with Gasteiger partial charge in [0.15, 0.2) is 0 Å². The first kappa shape index (κ1) is 17.1. The van der Waals surface area contributed by atoms with Crippen LogP contribution >= 0.6 is 39.1 Å². The van der Waals surface area contributed by atoms with Gasteiger partial charge in [0.2, 0.25) is 0 Å². The van der Waals surface area contributed by atoms with Crippen molar-refractivity contribution in [3.05, 3.63) is 26.7 Å². The van der Waals surface area contributed by atoms with Crippen LogP contribution in [0.15, 0.2) is 16.6 Å². The average molecular weight is 384 g/mol. The Hall–Kier alpha value is -0.980. The molecule has 1 atom stereocenters. The summed E-state index contributed by atoms with van der Waals surface area (Å²) in [6.45, 7) is 1.72. The summed E-state index contributed by atoms with van der Waals surface area (Å²) in [5, 5.41) is 14.3. The SMILES string of the molecule is CC(CCC(=O)O)NC(=O)Nc1ccc(Br)c(Cl)c1Cl. The molecule has 0 aliphatic rings. The van der Waals surface area contributed by atoms with E-state index in [1.165, 1.54) is 0 Å². The van der Waals surface area contributed by atoms with Gasteiger partial charge in [0.25, 0.3) is 0 Å². The van der Waals surface area contributed by atoms with Crippen LogP contribution in [0.2, 0.25) is 10.0 Å². The Morgan fingerprint density at radius 2 is 2.00 bits per heavy atom. The van der Waals surface area contributed by atoms with Crippen molar-refractivity contribution in [1.29, 1.82) is 0 Å². The maximum atomic E-state index is 11.7. The minimum Gasteiger partial charge on any atom is -0.481 e. The lowest BCUT2D eigenvalue weighted by atomic mass is 10.2. The molecule has 0 fully saturated rings. The van der Waals surface area contributed by atoms with E-state index >= 15 is 0 Å². The van der Waals surface area contributed by atoms with Crippen LogP contribution in [0.5, 0.6) is 0 Å². The first-order valence-electron chi connectivity index (χ1n) is 5.74. The Balaban J connectivity index is 2.59. The van der Waals surface area contributed by atoms with Crippen molar-refractivity contribution in [3.63, 3.8) is 0 Å². The number of urea groups is 1. The summed E-state index contributed by atoms with van der Waals surface area (Å²) in [5.74, 6) is -0.901. The van der Waals surface area contributed by atoms with Gasteiger partial charge in [-0.3, -0.25) is 4.79 Å². The highest BCUT2D eigenvalue weighted by Crippen LogP contribution is 2.35. The molecule has 8 heteroatoms. The Labute approximate surface area is 134 Å². The van der Waals surface area contributed by atoms with Gasteiger partial charge in [-0.1, -0.05) is 23.2 Å². The van der Waals surface area contributed by atoms with E-state index in [-0.39, 0.29) is 17.5 Å². The van der Waals surface area contributed by atoms with Crippen molar-refractivity contribution in [2.24, 2.45) is 0 Å². The number of nitrogens with one attached hydrogen (secondary N) is 2. The molecule has 0 aliphatic carbocycles. The van der Waals surface area contributed by atoms with E-state index in [1.807, 2.05) is 0 Å². The van der Waals surface area contributed by atoms with Crippen molar-refractivity contribution < 1.29 is 14.7 Å². The van der Waals surface area contributed by atoms with Crippen LogP contribution in [0.4, 0.5) is 10.5 Å². The molecular weight excluding hydrogens is 371 g/mol. The Morgan fingerprint density at radius 1 is 1.35 bits per heavy atom. The largest absolute Gasteiger partial charge is 0.481 e. The summed E-state index contributed by atoms with van der Waals surface area (Å²) in [6, 6.07) is 2.54. The molecule has 1 aromatic rings. The first-order chi connectivity index (χ1) is 9.31. The molecule has 0 heterocycles. The van der Waals surface area contributed by atoms with Crippen LogP contribution in [0.3, 0.4) is 0 Å². The number of carboxylic acid groups (broad SMARTS) is 1. The predicted octanol–water partition coefficient (Wildman–Crippen LogP) is 4.13. The lowest BCUT2D eigenvalue weighted by molar-refractivity contribution is -0.137. The van der Waals surface area contributed by atoms with Crippen LogP contribution in [0.1, 0.15) is 19.8 Å². The van der Waals surface area contributed by atoms with Gasteiger partial charge >= 0.3 is 12.0 Å². The number of hydrogen-bond acceptors (Lipinski definition) is 2. The number of hydrogen-bond donors (Lipinski definition) is 3. The van der Waals surface area contributed by atoms with E-state index in [2.05, 4.69) is 26.6 Å². The van der Waals surface area contributed by atoms with Gasteiger partial charge in [0.1, 0.15) is 0 Å². The number of halogens is 3. The van der Waals surface area contributed by atoms with Crippen molar-refractivity contribution in [3.8, 4) is 0 Å². The van der Waals surface area contributed by atoms with Gasteiger partial charge < -0.3 is 15.7 Å². The molecule has 0 radical (unpaired) electrons. The molecule has 1 unspecified atom stereocenters. The Morgan fingerprint density at radius 3 is 2.60 bits per heavy atom. The van der Waals surface area contributed by atoms with E-state index in [4.69, 9.17) is 28.3 Å². The van der Waals surface area contributed by atoms with Crippen LogP contribution in [0.25, 0.3) is 0 Å². The van der Waals surface area contributed by atoms with E-state index in [0.717, 1.165) is 0 Å². The number of amides is 2. The molecule has 0 saturated heterocycles. The number of carbonyl (C=O) groups excluding carboxylic acids is 1. The maximum Gasteiger partial charge on any atom is 0.319 e. The fourth-order valence-electron chi connectivity index (χ4n) is 1.42. The molecule has 3 N–H and O–H groups in total. The van der Waals surface area contributed by atoms with E-state index < -0.39 is 12.0 Å². The van der Waals surface area contributed by atoms with Gasteiger partial charge in [-0.25, -0.2) is 4.79 Å². The molecule has 0 aliphatic heterocycles. The highest BCUT2D eigenvalue weighted by Gasteiger charge is 2.13. The lowest BCUT2D eigenvalue weighted by Crippen LogP contribution is -2.36. The Kier molecular flexibility index (Phi) is 6.58. The maximum absolute atomic E-state index is 11.7. The zero-order valence-corrected chi connectivity index (χ0v) is 13.6. The minimum absolute atomic E-state index is 0.00762. The monoisotopic (exact) mass is 382 g/mol. The van der Waals surface area contributed by atoms with E-state index in [0.29, 0.717) is 21.6 Å². The molecule has 0 saturated carbocycles. The quantitative estimate of drug-likeness (QED) is 0.669. The second-order valence-electron chi connectivity index (χ2n) is 4.15. The number of aliphatic carboxylic acids is 1. The molecular formula is C12H13BrCl2N2O3. The van der Waals surface area contributed by atoms with Crippen LogP contribution < -0.4 is 10.6 Å². The zero-order chi connectivity index (χ0) is 15.3. The molecule has 0 spiro atoms. The summed E-state index contributed by atoms with van der Waals surface area (Å²) >= 11 is 15.2. The third kappa shape index (κ3) is 5.19. The van der Waals surface area contributed by atoms with Gasteiger partial charge in [-0.2, -0.15) is 0 Å². The van der Waals surface area contributed by atoms with Gasteiger partial charge in [0.05, 0.1) is 15.7 Å². The number of anilines is 1. The van der Waals surface area contributed by atoms with Crippen LogP contribution in [-0.4, -0.2) is 23.1 Å². The summed E-state index contributed by atoms with van der Waals surface area (Å²) in [6.07, 6.45) is 0.337. The number of carbonyl (C=O) groups is 2. The summed E-state index contributed by atoms with van der Waals surface area (Å²) in [5.41, 5.74) is 0.378. The van der Waals surface area contributed by atoms with Crippen molar-refractivity contribution in [1.82, 2.24) is 5.32 Å². The minimum atomic E-state index is -0.901. The second kappa shape index (κ2) is 7.71. The second-order valence-corrected chi connectivity index (χ2v) is 5.77. The van der Waals surface area contributed by atoms with Crippen molar-refractivity contribution in [2.45, 2.75) is 25.8 Å². The molecule has 0 aromatic heterocycles. The summed E-state index contributed by atoms with van der Waals surface area (Å²) < 4.78 is 0.630. The van der Waals surface area contributed by atoms with Crippen LogP contribution in [0, 0.1) is 0 Å². The van der Waals surface area contributed by atoms with Gasteiger partial charge in [-0.05, 0) is 41.4 Å². The molecule has 1 rings (SSSR count). The normalized spacial score (nSPS) is 11.8. The summed E-state index contributed by atoms with van der Waals surface area (Å²) in [4.78, 5) is 22.2. The fraction of sp³-hybridized carbons (Fsp3) is 0.333. The van der Waals surface area contributed by atoms with Crippen LogP contribution in [-0.2, 0) is 4.79 Å². The van der Waals surface area contributed by atoms with Crippen molar-refractivity contribution in [2.75, 3.05) is 5.32 Å². The average Bonchev–Trinajstić information content (AvgIpc) is 2.37. The molecule has 110 valence electrons. The molecule has 1 aromatic carbocycles. The molecule has 2 amide bonds. The highest BCUT2D eigenvalue weighted by atomic mass is 79.9. The zero-order valence-electron chi connectivity index (χ0n) is 10.5. The third-order valence-corrected chi connectivity index (χ3v) is 4.22. The van der Waals surface area contributed by atoms with Gasteiger partial charge in [-0.15, -0.1) is 0 Å². The number of rotatable bonds is 5. The van der Waals surface area contributed by atoms with Crippen molar-refractivity contribution >= 4 is 56.8 Å². The molecule has 0 bridgehead atoms. The number of carboxylic acids is 1. The fourth-order valence-corrected chi connectivity index (χ4v) is 2.24. The van der Waals surface area contributed by atoms with E-state index in [9.17, 15) is 9.59 Å². The lowest BCUT2D eigenvalue weighted by Gasteiger charge is -2.15. The topological polar surface area (TPSA) is 78.4 Å². The standard InChI is InChI=1S/C12H13BrCl2N2O3/c1-6(2-5-9(18)19)16-12(20)17-8-4-3-7(13)10(14)11(8)15/h3-4,6H,2,5H2,1H3,(H,18,19)(H2,16,17,20). The molecule has 5 nitrogen and oxygen atoms in total. The Bertz CT molecular complexity index is 526. The number of benzene rings is 1. The predicted molar refractivity (Wildman–Crippen MR) is 82.6 cm³/mol. The summed E-state index contributed by atoms with van der Waals surface area (Å²) in [7, 11) is 0. The smallest absolute Gasteiger partial charge is 0.319 e. The highest BCUT2D eigenvalue weighted by molar-refractivity contribution is 9.10. The third-order valence-electron chi connectivity index (χ3n) is 2.45. The first-order valence-corrected chi connectivity index (χ1v) is 7.29. The van der Waals surface area contributed by atoms with Gasteiger partial charge in [0, 0.05) is 16.9 Å².